The summed E-state index contributed by atoms with van der Waals surface area (Å²) in [5, 5.41) is 22.2. The van der Waals surface area contributed by atoms with E-state index in [1.54, 1.807) is 6.20 Å². The Labute approximate surface area is 119 Å². The van der Waals surface area contributed by atoms with E-state index in [1.807, 2.05) is 29.1 Å². The molecule has 0 radical (unpaired) electrons. The predicted octanol–water partition coefficient (Wildman–Crippen LogP) is 1.05. The van der Waals surface area contributed by atoms with Crippen LogP contribution in [0.2, 0.25) is 0 Å². The van der Waals surface area contributed by atoms with Crippen molar-refractivity contribution in [2.45, 2.75) is 13.0 Å². The van der Waals surface area contributed by atoms with E-state index in [-0.39, 0.29) is 13.2 Å². The van der Waals surface area contributed by atoms with Crippen LogP contribution in [-0.4, -0.2) is 51.2 Å². The lowest BCUT2D eigenvalue weighted by Gasteiger charge is -2.21. The van der Waals surface area contributed by atoms with E-state index < -0.39 is 0 Å². The summed E-state index contributed by atoms with van der Waals surface area (Å²) in [5.41, 5.74) is 2.20. The summed E-state index contributed by atoms with van der Waals surface area (Å²) in [4.78, 5) is 2.14. The zero-order valence-electron chi connectivity index (χ0n) is 11.5. The van der Waals surface area contributed by atoms with Crippen molar-refractivity contribution in [3.8, 4) is 5.69 Å². The maximum Gasteiger partial charge on any atom is 0.0648 e. The van der Waals surface area contributed by atoms with Gasteiger partial charge in [-0.3, -0.25) is 4.90 Å². The Morgan fingerprint density at radius 3 is 2.70 bits per heavy atom. The lowest BCUT2D eigenvalue weighted by atomic mass is 10.2. The minimum absolute atomic E-state index is 0.129. The van der Waals surface area contributed by atoms with E-state index in [4.69, 9.17) is 10.2 Å². The van der Waals surface area contributed by atoms with E-state index in [0.29, 0.717) is 6.54 Å². The van der Waals surface area contributed by atoms with Gasteiger partial charge in [0.25, 0.3) is 0 Å². The molecule has 0 bridgehead atoms. The lowest BCUT2D eigenvalue weighted by molar-refractivity contribution is 0.174. The highest BCUT2D eigenvalue weighted by Gasteiger charge is 2.06. The molecule has 0 saturated carbocycles. The first-order valence-electron chi connectivity index (χ1n) is 6.86. The third-order valence-electron chi connectivity index (χ3n) is 3.13. The van der Waals surface area contributed by atoms with Gasteiger partial charge in [0, 0.05) is 38.6 Å². The molecule has 0 saturated heterocycles. The summed E-state index contributed by atoms with van der Waals surface area (Å²) in [6.07, 6.45) is 4.39. The molecular formula is C15H21N3O2. The van der Waals surface area contributed by atoms with Gasteiger partial charge < -0.3 is 10.2 Å². The molecule has 0 atom stereocenters. The molecule has 1 heterocycles. The highest BCUT2D eigenvalue weighted by molar-refractivity contribution is 5.34. The van der Waals surface area contributed by atoms with Gasteiger partial charge in [-0.1, -0.05) is 12.1 Å². The van der Waals surface area contributed by atoms with Crippen molar-refractivity contribution >= 4 is 0 Å². The number of nitrogens with zero attached hydrogens (tertiary/aromatic N) is 3. The topological polar surface area (TPSA) is 61.5 Å². The second-order valence-electron chi connectivity index (χ2n) is 4.70. The number of aliphatic hydroxyl groups is 2. The van der Waals surface area contributed by atoms with Crippen LogP contribution in [0, 0.1) is 0 Å². The number of rotatable bonds is 8. The van der Waals surface area contributed by atoms with Crippen molar-refractivity contribution in [1.82, 2.24) is 14.7 Å². The summed E-state index contributed by atoms with van der Waals surface area (Å²) >= 11 is 0. The Morgan fingerprint density at radius 2 is 2.00 bits per heavy atom. The SMILES string of the molecule is OCCCN(CCO)Cc1cccc(-n2cccn2)c1. The van der Waals surface area contributed by atoms with E-state index in [0.717, 1.165) is 25.2 Å². The fourth-order valence-electron chi connectivity index (χ4n) is 2.18. The van der Waals surface area contributed by atoms with Crippen LogP contribution < -0.4 is 0 Å². The predicted molar refractivity (Wildman–Crippen MR) is 77.6 cm³/mol. The fourth-order valence-corrected chi connectivity index (χ4v) is 2.18. The maximum absolute atomic E-state index is 9.10. The molecule has 5 heteroatoms. The summed E-state index contributed by atoms with van der Waals surface area (Å²) < 4.78 is 1.83. The molecule has 0 spiro atoms. The van der Waals surface area contributed by atoms with Crippen LogP contribution in [0.5, 0.6) is 0 Å². The second kappa shape index (κ2) is 7.79. The number of aliphatic hydroxyl groups excluding tert-OH is 2. The molecule has 0 aliphatic rings. The second-order valence-corrected chi connectivity index (χ2v) is 4.70. The van der Waals surface area contributed by atoms with Gasteiger partial charge in [-0.2, -0.15) is 5.10 Å². The van der Waals surface area contributed by atoms with Gasteiger partial charge in [0.15, 0.2) is 0 Å². The van der Waals surface area contributed by atoms with Gasteiger partial charge in [0.2, 0.25) is 0 Å². The molecule has 0 aliphatic carbocycles. The summed E-state index contributed by atoms with van der Waals surface area (Å²) in [6.45, 7) is 2.46. The van der Waals surface area contributed by atoms with Crippen molar-refractivity contribution < 1.29 is 10.2 Å². The Kier molecular flexibility index (Phi) is 5.73. The molecule has 1 aromatic carbocycles. The molecule has 5 nitrogen and oxygen atoms in total. The highest BCUT2D eigenvalue weighted by Crippen LogP contribution is 2.12. The highest BCUT2D eigenvalue weighted by atomic mass is 16.3. The average molecular weight is 275 g/mol. The van der Waals surface area contributed by atoms with Gasteiger partial charge in [-0.15, -0.1) is 0 Å². The van der Waals surface area contributed by atoms with Crippen LogP contribution in [0.25, 0.3) is 5.69 Å². The van der Waals surface area contributed by atoms with E-state index in [1.165, 1.54) is 5.56 Å². The summed E-state index contributed by atoms with van der Waals surface area (Å²) in [7, 11) is 0. The van der Waals surface area contributed by atoms with Gasteiger partial charge >= 0.3 is 0 Å². The van der Waals surface area contributed by atoms with Crippen molar-refractivity contribution in [2.24, 2.45) is 0 Å². The Bertz CT molecular complexity index is 500. The normalized spacial score (nSPS) is 11.2. The quantitative estimate of drug-likeness (QED) is 0.756. The van der Waals surface area contributed by atoms with Crippen molar-refractivity contribution in [2.75, 3.05) is 26.3 Å². The largest absolute Gasteiger partial charge is 0.396 e. The first-order valence-corrected chi connectivity index (χ1v) is 6.86. The standard InChI is InChI=1S/C15H21N3O2/c19-10-3-7-17(9-11-20)13-14-4-1-5-15(12-14)18-8-2-6-16-18/h1-2,4-6,8,12,19-20H,3,7,9-11,13H2. The van der Waals surface area contributed by atoms with Crippen molar-refractivity contribution in [3.63, 3.8) is 0 Å². The molecular weight excluding hydrogens is 254 g/mol. The van der Waals surface area contributed by atoms with Gasteiger partial charge in [-0.05, 0) is 30.2 Å². The monoisotopic (exact) mass is 275 g/mol. The first-order chi connectivity index (χ1) is 9.83. The van der Waals surface area contributed by atoms with E-state index in [2.05, 4.69) is 22.1 Å². The molecule has 2 aromatic rings. The van der Waals surface area contributed by atoms with Crippen LogP contribution in [-0.2, 0) is 6.54 Å². The minimum atomic E-state index is 0.129. The number of aromatic nitrogens is 2. The smallest absolute Gasteiger partial charge is 0.0648 e. The molecule has 0 unspecified atom stereocenters. The molecule has 108 valence electrons. The molecule has 1 aromatic heterocycles. The minimum Gasteiger partial charge on any atom is -0.396 e. The van der Waals surface area contributed by atoms with Gasteiger partial charge in [0.1, 0.15) is 0 Å². The molecule has 0 fully saturated rings. The third kappa shape index (κ3) is 4.16. The zero-order valence-corrected chi connectivity index (χ0v) is 11.5. The molecule has 0 aliphatic heterocycles. The average Bonchev–Trinajstić information content (AvgIpc) is 2.99. The van der Waals surface area contributed by atoms with Gasteiger partial charge in [0.05, 0.1) is 12.3 Å². The maximum atomic E-state index is 9.10. The number of benzene rings is 1. The van der Waals surface area contributed by atoms with E-state index >= 15 is 0 Å². The Morgan fingerprint density at radius 1 is 1.10 bits per heavy atom. The molecule has 2 N–H and O–H groups in total. The summed E-state index contributed by atoms with van der Waals surface area (Å²) in [5.74, 6) is 0. The van der Waals surface area contributed by atoms with Crippen LogP contribution in [0.4, 0.5) is 0 Å². The zero-order chi connectivity index (χ0) is 14.2. The molecule has 2 rings (SSSR count). The lowest BCUT2D eigenvalue weighted by Crippen LogP contribution is -2.28. The van der Waals surface area contributed by atoms with Gasteiger partial charge in [-0.25, -0.2) is 4.68 Å². The first kappa shape index (κ1) is 14.7. The fraction of sp³-hybridized carbons (Fsp3) is 0.400. The van der Waals surface area contributed by atoms with Crippen LogP contribution in [0.3, 0.4) is 0 Å². The summed E-state index contributed by atoms with van der Waals surface area (Å²) in [6, 6.07) is 10.1. The van der Waals surface area contributed by atoms with E-state index in [9.17, 15) is 0 Å². The third-order valence-corrected chi connectivity index (χ3v) is 3.13. The van der Waals surface area contributed by atoms with Crippen molar-refractivity contribution in [1.29, 1.82) is 0 Å². The Balaban J connectivity index is 2.05. The van der Waals surface area contributed by atoms with Crippen molar-refractivity contribution in [3.05, 3.63) is 48.3 Å². The Hall–Kier alpha value is -1.69. The number of hydrogen-bond donors (Lipinski definition) is 2. The van der Waals surface area contributed by atoms with Crippen LogP contribution in [0.1, 0.15) is 12.0 Å². The molecule has 0 amide bonds. The van der Waals surface area contributed by atoms with Crippen LogP contribution in [0.15, 0.2) is 42.7 Å². The number of hydrogen-bond acceptors (Lipinski definition) is 4. The van der Waals surface area contributed by atoms with Crippen LogP contribution >= 0.6 is 0 Å². The molecule has 20 heavy (non-hydrogen) atoms.